The molecule has 1 aromatic carbocycles. The first kappa shape index (κ1) is 21.5. The number of carbonyl (C=O) groups excluding carboxylic acids is 1. The highest BCUT2D eigenvalue weighted by atomic mass is 32.2. The summed E-state index contributed by atoms with van der Waals surface area (Å²) in [5, 5.41) is 7.60. The number of nitrogens with one attached hydrogen (secondary N) is 2. The Morgan fingerprint density at radius 1 is 1.24 bits per heavy atom. The van der Waals surface area contributed by atoms with E-state index in [0.29, 0.717) is 12.2 Å². The summed E-state index contributed by atoms with van der Waals surface area (Å²) < 4.78 is 27.5. The number of hydrogen-bond donors (Lipinski definition) is 2. The standard InChI is InChI=1S/C20H29N5O3S/c1-14-19(15(2)25(22-14)18-10-6-5-7-11-18)21-20(26)16(3)24-12-8-9-17(13-24)23-29(4,27)28/h5-7,10-11,16-17,23H,8-9,12-13H2,1-4H3,(H,21,26)/t16-,17-/m1/s1. The average molecular weight is 420 g/mol. The van der Waals surface area contributed by atoms with E-state index in [9.17, 15) is 13.2 Å². The molecule has 2 aromatic rings. The van der Waals surface area contributed by atoms with E-state index in [-0.39, 0.29) is 18.0 Å². The van der Waals surface area contributed by atoms with E-state index in [4.69, 9.17) is 0 Å². The lowest BCUT2D eigenvalue weighted by Gasteiger charge is -2.36. The van der Waals surface area contributed by atoms with Crippen molar-refractivity contribution in [1.82, 2.24) is 19.4 Å². The van der Waals surface area contributed by atoms with Crippen molar-refractivity contribution >= 4 is 21.6 Å². The molecular formula is C20H29N5O3S. The van der Waals surface area contributed by atoms with Crippen LogP contribution in [-0.2, 0) is 14.8 Å². The molecule has 1 fully saturated rings. The van der Waals surface area contributed by atoms with E-state index in [1.807, 2.05) is 60.7 Å². The molecule has 2 atom stereocenters. The van der Waals surface area contributed by atoms with Crippen LogP contribution in [-0.4, -0.2) is 60.4 Å². The molecule has 2 N–H and O–H groups in total. The van der Waals surface area contributed by atoms with Gasteiger partial charge in [-0.3, -0.25) is 9.69 Å². The van der Waals surface area contributed by atoms with Gasteiger partial charge >= 0.3 is 0 Å². The fourth-order valence-corrected chi connectivity index (χ4v) is 4.59. The monoisotopic (exact) mass is 419 g/mol. The molecular weight excluding hydrogens is 390 g/mol. The van der Waals surface area contributed by atoms with E-state index >= 15 is 0 Å². The summed E-state index contributed by atoms with van der Waals surface area (Å²) in [6.07, 6.45) is 2.78. The number of benzene rings is 1. The number of sulfonamides is 1. The quantitative estimate of drug-likeness (QED) is 0.745. The van der Waals surface area contributed by atoms with Gasteiger partial charge in [-0.1, -0.05) is 18.2 Å². The van der Waals surface area contributed by atoms with Crippen LogP contribution in [0.4, 0.5) is 5.69 Å². The first-order chi connectivity index (χ1) is 13.7. The summed E-state index contributed by atoms with van der Waals surface area (Å²) in [5.41, 5.74) is 3.27. The predicted molar refractivity (Wildman–Crippen MR) is 114 cm³/mol. The molecule has 2 heterocycles. The second-order valence-corrected chi connectivity index (χ2v) is 9.46. The number of nitrogens with zero attached hydrogens (tertiary/aromatic N) is 3. The second-order valence-electron chi connectivity index (χ2n) is 7.68. The number of hydrogen-bond acceptors (Lipinski definition) is 5. The van der Waals surface area contributed by atoms with Crippen molar-refractivity contribution in [2.75, 3.05) is 24.7 Å². The maximum absolute atomic E-state index is 12.9. The van der Waals surface area contributed by atoms with Crippen LogP contribution < -0.4 is 10.0 Å². The van der Waals surface area contributed by atoms with Crippen molar-refractivity contribution in [3.8, 4) is 5.69 Å². The molecule has 158 valence electrons. The van der Waals surface area contributed by atoms with E-state index in [1.165, 1.54) is 0 Å². The lowest BCUT2D eigenvalue weighted by Crippen LogP contribution is -2.52. The third kappa shape index (κ3) is 5.23. The van der Waals surface area contributed by atoms with E-state index in [1.54, 1.807) is 0 Å². The molecule has 0 spiro atoms. The molecule has 0 aliphatic carbocycles. The molecule has 9 heteroatoms. The van der Waals surface area contributed by atoms with Crippen molar-refractivity contribution in [2.45, 2.75) is 45.7 Å². The van der Waals surface area contributed by atoms with Crippen molar-refractivity contribution in [2.24, 2.45) is 0 Å². The van der Waals surface area contributed by atoms with Gasteiger partial charge in [0.15, 0.2) is 0 Å². The first-order valence-electron chi connectivity index (χ1n) is 9.79. The molecule has 1 amide bonds. The van der Waals surface area contributed by atoms with Crippen LogP contribution >= 0.6 is 0 Å². The Labute approximate surface area is 172 Å². The SMILES string of the molecule is Cc1nn(-c2ccccc2)c(C)c1NC(=O)[C@@H](C)N1CCC[C@@H](NS(C)(=O)=O)C1. The highest BCUT2D eigenvalue weighted by molar-refractivity contribution is 7.88. The molecule has 1 aliphatic heterocycles. The number of para-hydroxylation sites is 1. The third-order valence-corrected chi connectivity index (χ3v) is 6.06. The minimum Gasteiger partial charge on any atom is -0.322 e. The average Bonchev–Trinajstić information content (AvgIpc) is 2.95. The zero-order valence-corrected chi connectivity index (χ0v) is 18.2. The highest BCUT2D eigenvalue weighted by Gasteiger charge is 2.29. The molecule has 1 saturated heterocycles. The molecule has 29 heavy (non-hydrogen) atoms. The molecule has 8 nitrogen and oxygen atoms in total. The Balaban J connectivity index is 1.71. The Hall–Kier alpha value is -2.23. The van der Waals surface area contributed by atoms with Crippen molar-refractivity contribution in [1.29, 1.82) is 0 Å². The molecule has 1 aliphatic rings. The van der Waals surface area contributed by atoms with Crippen LogP contribution in [0.1, 0.15) is 31.2 Å². The Morgan fingerprint density at radius 2 is 1.93 bits per heavy atom. The van der Waals surface area contributed by atoms with Gasteiger partial charge in [-0.05, 0) is 52.3 Å². The Kier molecular flexibility index (Phi) is 6.40. The summed E-state index contributed by atoms with van der Waals surface area (Å²) in [5.74, 6) is -0.121. The minimum absolute atomic E-state index is 0.121. The van der Waals surface area contributed by atoms with E-state index < -0.39 is 10.0 Å². The predicted octanol–water partition coefficient (Wildman–Crippen LogP) is 1.83. The number of amides is 1. The van der Waals surface area contributed by atoms with Crippen LogP contribution in [0.3, 0.4) is 0 Å². The van der Waals surface area contributed by atoms with Crippen LogP contribution in [0.5, 0.6) is 0 Å². The van der Waals surface area contributed by atoms with Gasteiger partial charge < -0.3 is 5.32 Å². The fourth-order valence-electron chi connectivity index (χ4n) is 3.79. The Morgan fingerprint density at radius 3 is 2.59 bits per heavy atom. The molecule has 0 unspecified atom stereocenters. The van der Waals surface area contributed by atoms with Crippen molar-refractivity contribution in [3.05, 3.63) is 41.7 Å². The number of aromatic nitrogens is 2. The first-order valence-corrected chi connectivity index (χ1v) is 11.7. The topological polar surface area (TPSA) is 96.3 Å². The van der Waals surface area contributed by atoms with Gasteiger partial charge in [-0.2, -0.15) is 5.10 Å². The van der Waals surface area contributed by atoms with Gasteiger partial charge in [0.05, 0.1) is 35.1 Å². The van der Waals surface area contributed by atoms with Gasteiger partial charge in [-0.15, -0.1) is 0 Å². The molecule has 0 saturated carbocycles. The molecule has 0 radical (unpaired) electrons. The van der Waals surface area contributed by atoms with Crippen LogP contribution in [0.2, 0.25) is 0 Å². The maximum atomic E-state index is 12.9. The molecule has 1 aromatic heterocycles. The normalized spacial score (nSPS) is 19.1. The van der Waals surface area contributed by atoms with E-state index in [2.05, 4.69) is 15.1 Å². The number of carbonyl (C=O) groups is 1. The maximum Gasteiger partial charge on any atom is 0.241 e. The van der Waals surface area contributed by atoms with Gasteiger partial charge in [0.2, 0.25) is 15.9 Å². The van der Waals surface area contributed by atoms with Crippen molar-refractivity contribution in [3.63, 3.8) is 0 Å². The zero-order chi connectivity index (χ0) is 21.2. The summed E-state index contributed by atoms with van der Waals surface area (Å²) in [7, 11) is -3.26. The summed E-state index contributed by atoms with van der Waals surface area (Å²) in [4.78, 5) is 14.9. The van der Waals surface area contributed by atoms with Crippen LogP contribution in [0.25, 0.3) is 5.69 Å². The lowest BCUT2D eigenvalue weighted by atomic mass is 10.0. The number of piperidine rings is 1. The summed E-state index contributed by atoms with van der Waals surface area (Å²) in [6, 6.07) is 9.24. The lowest BCUT2D eigenvalue weighted by molar-refractivity contribution is -0.121. The summed E-state index contributed by atoms with van der Waals surface area (Å²) in [6.45, 7) is 6.94. The highest BCUT2D eigenvalue weighted by Crippen LogP contribution is 2.23. The van der Waals surface area contributed by atoms with Crippen molar-refractivity contribution < 1.29 is 13.2 Å². The number of likely N-dealkylation sites (tertiary alicyclic amines) is 1. The largest absolute Gasteiger partial charge is 0.322 e. The number of rotatable bonds is 6. The minimum atomic E-state index is -3.26. The summed E-state index contributed by atoms with van der Waals surface area (Å²) >= 11 is 0. The van der Waals surface area contributed by atoms with Gasteiger partial charge in [0, 0.05) is 12.6 Å². The van der Waals surface area contributed by atoms with E-state index in [0.717, 1.165) is 42.7 Å². The molecule has 0 bridgehead atoms. The number of anilines is 1. The smallest absolute Gasteiger partial charge is 0.241 e. The second kappa shape index (κ2) is 8.64. The van der Waals surface area contributed by atoms with Gasteiger partial charge in [0.25, 0.3) is 0 Å². The van der Waals surface area contributed by atoms with Gasteiger partial charge in [-0.25, -0.2) is 17.8 Å². The van der Waals surface area contributed by atoms with Gasteiger partial charge in [0.1, 0.15) is 0 Å². The van der Waals surface area contributed by atoms with Crippen LogP contribution in [0, 0.1) is 13.8 Å². The van der Waals surface area contributed by atoms with Crippen LogP contribution in [0.15, 0.2) is 30.3 Å². The zero-order valence-electron chi connectivity index (χ0n) is 17.3. The fraction of sp³-hybridized carbons (Fsp3) is 0.500. The number of aryl methyl sites for hydroxylation is 1. The Bertz CT molecular complexity index is 972. The molecule has 3 rings (SSSR count). The third-order valence-electron chi connectivity index (χ3n) is 5.30.